The van der Waals surface area contributed by atoms with Crippen LogP contribution in [0.2, 0.25) is 0 Å². The van der Waals surface area contributed by atoms with E-state index in [1.807, 2.05) is 24.4 Å². The maximum Gasteiger partial charge on any atom is 0.130 e. The highest BCUT2D eigenvalue weighted by Crippen LogP contribution is 2.24. The van der Waals surface area contributed by atoms with Gasteiger partial charge in [0, 0.05) is 17.8 Å². The van der Waals surface area contributed by atoms with Crippen LogP contribution in [0.5, 0.6) is 5.75 Å². The normalized spacial score (nSPS) is 14.0. The van der Waals surface area contributed by atoms with Gasteiger partial charge in [0.2, 0.25) is 0 Å². The Balaban J connectivity index is 1.44. The van der Waals surface area contributed by atoms with E-state index in [2.05, 4.69) is 22.3 Å². The van der Waals surface area contributed by atoms with Gasteiger partial charge in [0.25, 0.3) is 0 Å². The first kappa shape index (κ1) is 13.3. The van der Waals surface area contributed by atoms with Gasteiger partial charge in [-0.2, -0.15) is 5.10 Å². The van der Waals surface area contributed by atoms with Crippen LogP contribution in [0.3, 0.4) is 0 Å². The molecule has 0 aliphatic heterocycles. The number of aryl methyl sites for hydroxylation is 2. The summed E-state index contributed by atoms with van der Waals surface area (Å²) in [6.45, 7) is 0.635. The first-order valence-corrected chi connectivity index (χ1v) is 7.93. The van der Waals surface area contributed by atoms with Crippen LogP contribution in [0.1, 0.15) is 29.8 Å². The number of aromatic nitrogens is 3. The fourth-order valence-electron chi connectivity index (χ4n) is 3.10. The van der Waals surface area contributed by atoms with Crippen molar-refractivity contribution in [3.63, 3.8) is 0 Å². The molecule has 4 heteroatoms. The van der Waals surface area contributed by atoms with Crippen LogP contribution in [0.15, 0.2) is 36.5 Å². The molecule has 1 aliphatic carbocycles. The summed E-state index contributed by atoms with van der Waals surface area (Å²) in [4.78, 5) is 4.80. The Labute approximate surface area is 129 Å². The zero-order valence-corrected chi connectivity index (χ0v) is 12.5. The molecule has 0 fully saturated rings. The summed E-state index contributed by atoms with van der Waals surface area (Å²) < 4.78 is 5.93. The molecule has 1 aromatic carbocycles. The summed E-state index contributed by atoms with van der Waals surface area (Å²) >= 11 is 0. The fraction of sp³-hybridized carbons (Fsp3) is 0.333. The van der Waals surface area contributed by atoms with E-state index in [-0.39, 0.29) is 0 Å². The number of H-pyrrole nitrogens is 1. The van der Waals surface area contributed by atoms with Crippen molar-refractivity contribution in [3.05, 3.63) is 53.5 Å². The predicted octanol–water partition coefficient (Wildman–Crippen LogP) is 3.46. The van der Waals surface area contributed by atoms with Crippen molar-refractivity contribution in [2.45, 2.75) is 32.1 Å². The van der Waals surface area contributed by atoms with Gasteiger partial charge in [-0.15, -0.1) is 0 Å². The van der Waals surface area contributed by atoms with Crippen LogP contribution < -0.4 is 4.74 Å². The summed E-state index contributed by atoms with van der Waals surface area (Å²) in [6.07, 6.45) is 7.51. The molecule has 3 aromatic rings. The van der Waals surface area contributed by atoms with Crippen molar-refractivity contribution in [1.29, 1.82) is 0 Å². The van der Waals surface area contributed by atoms with Gasteiger partial charge in [-0.05, 0) is 49.4 Å². The SMILES string of the molecule is c1cc(OCCc2ccc3c(n2)CCCC3)c2cn[nH]c2c1. The molecule has 1 N–H and O–H groups in total. The fourth-order valence-corrected chi connectivity index (χ4v) is 3.10. The molecule has 0 amide bonds. The highest BCUT2D eigenvalue weighted by molar-refractivity contribution is 5.84. The van der Waals surface area contributed by atoms with Crippen LogP contribution in [-0.4, -0.2) is 21.8 Å². The molecule has 2 heterocycles. The second kappa shape index (κ2) is 5.79. The number of fused-ring (bicyclic) bond motifs is 2. The van der Waals surface area contributed by atoms with Crippen LogP contribution in [-0.2, 0) is 19.3 Å². The maximum absolute atomic E-state index is 5.93. The van der Waals surface area contributed by atoms with Crippen molar-refractivity contribution < 1.29 is 4.74 Å². The van der Waals surface area contributed by atoms with Gasteiger partial charge in [0.05, 0.1) is 23.7 Å². The first-order chi connectivity index (χ1) is 10.9. The van der Waals surface area contributed by atoms with Gasteiger partial charge in [-0.25, -0.2) is 0 Å². The molecule has 1 aliphatic rings. The largest absolute Gasteiger partial charge is 0.492 e. The molecular formula is C18H19N3O. The Morgan fingerprint density at radius 1 is 1.09 bits per heavy atom. The Kier molecular flexibility index (Phi) is 3.51. The van der Waals surface area contributed by atoms with Crippen molar-refractivity contribution in [1.82, 2.24) is 15.2 Å². The number of ether oxygens (including phenoxy) is 1. The summed E-state index contributed by atoms with van der Waals surface area (Å²) in [5, 5.41) is 8.05. The lowest BCUT2D eigenvalue weighted by atomic mass is 9.96. The number of hydrogen-bond donors (Lipinski definition) is 1. The molecule has 2 aromatic heterocycles. The third kappa shape index (κ3) is 2.56. The lowest BCUT2D eigenvalue weighted by Crippen LogP contribution is -2.09. The lowest BCUT2D eigenvalue weighted by Gasteiger charge is -2.15. The second-order valence-corrected chi connectivity index (χ2v) is 5.80. The van der Waals surface area contributed by atoms with Crippen molar-refractivity contribution >= 4 is 10.9 Å². The molecule has 112 valence electrons. The standard InChI is InChI=1S/C18H19N3O/c1-2-5-16-13(4-1)8-9-14(20-16)10-11-22-18-7-3-6-17-15(18)12-19-21-17/h3,6-9,12H,1-2,4-5,10-11H2,(H,19,21). The van der Waals surface area contributed by atoms with Gasteiger partial charge in [0.15, 0.2) is 0 Å². The maximum atomic E-state index is 5.93. The third-order valence-corrected chi connectivity index (χ3v) is 4.30. The van der Waals surface area contributed by atoms with E-state index >= 15 is 0 Å². The van der Waals surface area contributed by atoms with Gasteiger partial charge in [0.1, 0.15) is 5.75 Å². The summed E-state index contributed by atoms with van der Waals surface area (Å²) in [7, 11) is 0. The predicted molar refractivity (Wildman–Crippen MR) is 86.2 cm³/mol. The Morgan fingerprint density at radius 3 is 3.05 bits per heavy atom. The monoisotopic (exact) mass is 293 g/mol. The molecule has 0 atom stereocenters. The number of nitrogens with zero attached hydrogens (tertiary/aromatic N) is 2. The van der Waals surface area contributed by atoms with E-state index in [4.69, 9.17) is 9.72 Å². The minimum Gasteiger partial charge on any atom is -0.492 e. The second-order valence-electron chi connectivity index (χ2n) is 5.80. The van der Waals surface area contributed by atoms with E-state index in [9.17, 15) is 0 Å². The summed E-state index contributed by atoms with van der Waals surface area (Å²) in [6, 6.07) is 10.4. The number of benzene rings is 1. The van der Waals surface area contributed by atoms with Crippen molar-refractivity contribution in [3.8, 4) is 5.75 Å². The van der Waals surface area contributed by atoms with Crippen molar-refractivity contribution in [2.24, 2.45) is 0 Å². The number of pyridine rings is 1. The van der Waals surface area contributed by atoms with Gasteiger partial charge >= 0.3 is 0 Å². The van der Waals surface area contributed by atoms with E-state index in [0.29, 0.717) is 6.61 Å². The highest BCUT2D eigenvalue weighted by Gasteiger charge is 2.11. The zero-order chi connectivity index (χ0) is 14.8. The first-order valence-electron chi connectivity index (χ1n) is 7.93. The third-order valence-electron chi connectivity index (χ3n) is 4.30. The van der Waals surface area contributed by atoms with Crippen LogP contribution in [0.25, 0.3) is 10.9 Å². The van der Waals surface area contributed by atoms with Crippen LogP contribution in [0.4, 0.5) is 0 Å². The Hall–Kier alpha value is -2.36. The molecule has 0 saturated carbocycles. The molecule has 0 unspecified atom stereocenters. The molecule has 22 heavy (non-hydrogen) atoms. The minimum atomic E-state index is 0.635. The van der Waals surface area contributed by atoms with Gasteiger partial charge in [-0.3, -0.25) is 10.1 Å². The molecule has 0 bridgehead atoms. The average Bonchev–Trinajstić information content (AvgIpc) is 3.04. The number of aromatic amines is 1. The van der Waals surface area contributed by atoms with Crippen LogP contribution in [0, 0.1) is 0 Å². The quantitative estimate of drug-likeness (QED) is 0.801. The topological polar surface area (TPSA) is 50.8 Å². The van der Waals surface area contributed by atoms with Crippen molar-refractivity contribution in [2.75, 3.05) is 6.61 Å². The average molecular weight is 293 g/mol. The van der Waals surface area contributed by atoms with Gasteiger partial charge in [-0.1, -0.05) is 12.1 Å². The molecular weight excluding hydrogens is 274 g/mol. The lowest BCUT2D eigenvalue weighted by molar-refractivity contribution is 0.324. The number of hydrogen-bond acceptors (Lipinski definition) is 3. The molecule has 0 radical (unpaired) electrons. The van der Waals surface area contributed by atoms with E-state index in [0.717, 1.165) is 35.2 Å². The summed E-state index contributed by atoms with van der Waals surface area (Å²) in [5.74, 6) is 0.879. The molecule has 4 rings (SSSR count). The van der Waals surface area contributed by atoms with E-state index in [1.165, 1.54) is 30.5 Å². The van der Waals surface area contributed by atoms with Crippen LogP contribution >= 0.6 is 0 Å². The molecule has 0 spiro atoms. The molecule has 0 saturated heterocycles. The Bertz CT molecular complexity index is 794. The number of rotatable bonds is 4. The Morgan fingerprint density at radius 2 is 2.05 bits per heavy atom. The minimum absolute atomic E-state index is 0.635. The van der Waals surface area contributed by atoms with Gasteiger partial charge < -0.3 is 4.74 Å². The zero-order valence-electron chi connectivity index (χ0n) is 12.5. The van der Waals surface area contributed by atoms with E-state index < -0.39 is 0 Å². The summed E-state index contributed by atoms with van der Waals surface area (Å²) in [5.41, 5.74) is 4.85. The molecule has 4 nitrogen and oxygen atoms in total. The smallest absolute Gasteiger partial charge is 0.130 e. The number of nitrogens with one attached hydrogen (secondary N) is 1. The van der Waals surface area contributed by atoms with E-state index in [1.54, 1.807) is 0 Å². The highest BCUT2D eigenvalue weighted by atomic mass is 16.5.